The molecule has 0 aliphatic rings. The van der Waals surface area contributed by atoms with E-state index in [0.29, 0.717) is 12.0 Å². The zero-order valence-electron chi connectivity index (χ0n) is 9.87. The number of aryl methyl sites for hydroxylation is 2. The molecule has 17 heavy (non-hydrogen) atoms. The third kappa shape index (κ3) is 3.97. The van der Waals surface area contributed by atoms with Crippen LogP contribution in [0, 0.1) is 13.8 Å². The summed E-state index contributed by atoms with van der Waals surface area (Å²) in [5.74, 6) is -0.938. The van der Waals surface area contributed by atoms with Crippen molar-refractivity contribution in [2.45, 2.75) is 31.5 Å². The number of benzene rings is 1. The van der Waals surface area contributed by atoms with Gasteiger partial charge in [-0.1, -0.05) is 39.7 Å². The third-order valence-corrected chi connectivity index (χ3v) is 3.42. The van der Waals surface area contributed by atoms with Crippen LogP contribution in [0.2, 0.25) is 0 Å². The highest BCUT2D eigenvalue weighted by Crippen LogP contribution is 2.19. The summed E-state index contributed by atoms with van der Waals surface area (Å²) >= 11 is 3.25. The lowest BCUT2D eigenvalue weighted by atomic mass is 9.99. The average Bonchev–Trinajstić information content (AvgIpc) is 2.25. The van der Waals surface area contributed by atoms with Gasteiger partial charge < -0.3 is 5.11 Å². The Morgan fingerprint density at radius 1 is 1.35 bits per heavy atom. The van der Waals surface area contributed by atoms with Gasteiger partial charge in [0.15, 0.2) is 5.78 Å². The molecule has 0 aliphatic heterocycles. The predicted molar refractivity (Wildman–Crippen MR) is 69.8 cm³/mol. The molecule has 92 valence electrons. The van der Waals surface area contributed by atoms with E-state index in [2.05, 4.69) is 15.9 Å². The van der Waals surface area contributed by atoms with Crippen LogP contribution in [0.5, 0.6) is 0 Å². The summed E-state index contributed by atoms with van der Waals surface area (Å²) in [5.41, 5.74) is 2.69. The van der Waals surface area contributed by atoms with Crippen LogP contribution in [0.3, 0.4) is 0 Å². The van der Waals surface area contributed by atoms with Gasteiger partial charge in [0.1, 0.15) is 0 Å². The molecule has 0 spiro atoms. The van der Waals surface area contributed by atoms with Crippen LogP contribution < -0.4 is 0 Å². The number of carboxylic acids is 1. The van der Waals surface area contributed by atoms with E-state index in [-0.39, 0.29) is 12.2 Å². The molecule has 1 aromatic rings. The fraction of sp³-hybridized carbons (Fsp3) is 0.385. The molecule has 3 nitrogen and oxygen atoms in total. The van der Waals surface area contributed by atoms with Crippen LogP contribution in [0.4, 0.5) is 0 Å². The van der Waals surface area contributed by atoms with E-state index in [1.807, 2.05) is 26.0 Å². The molecule has 0 bridgehead atoms. The van der Waals surface area contributed by atoms with Crippen molar-refractivity contribution in [1.82, 2.24) is 0 Å². The quantitative estimate of drug-likeness (QED) is 0.671. The van der Waals surface area contributed by atoms with Crippen LogP contribution in [-0.2, 0) is 4.79 Å². The van der Waals surface area contributed by atoms with E-state index in [9.17, 15) is 9.59 Å². The van der Waals surface area contributed by atoms with E-state index in [0.717, 1.165) is 11.1 Å². The molecule has 0 heterocycles. The third-order valence-electron chi connectivity index (χ3n) is 2.54. The van der Waals surface area contributed by atoms with E-state index in [1.165, 1.54) is 0 Å². The predicted octanol–water partition coefficient (Wildman–Crippen LogP) is 3.11. The first-order chi connectivity index (χ1) is 7.91. The zero-order valence-corrected chi connectivity index (χ0v) is 11.5. The molecule has 1 unspecified atom stereocenters. The number of alkyl halides is 1. The van der Waals surface area contributed by atoms with Gasteiger partial charge >= 0.3 is 5.97 Å². The molecule has 0 saturated carbocycles. The van der Waals surface area contributed by atoms with Gasteiger partial charge in [-0.3, -0.25) is 9.59 Å². The van der Waals surface area contributed by atoms with Crippen molar-refractivity contribution in [3.63, 3.8) is 0 Å². The molecule has 0 fully saturated rings. The second-order valence-corrected chi connectivity index (χ2v) is 5.19. The molecule has 0 aliphatic carbocycles. The van der Waals surface area contributed by atoms with E-state index < -0.39 is 10.8 Å². The van der Waals surface area contributed by atoms with E-state index in [4.69, 9.17) is 5.11 Å². The van der Waals surface area contributed by atoms with Gasteiger partial charge in [0.25, 0.3) is 0 Å². The lowest BCUT2D eigenvalue weighted by molar-refractivity contribution is -0.137. The summed E-state index contributed by atoms with van der Waals surface area (Å²) in [7, 11) is 0. The Kier molecular flexibility index (Phi) is 4.87. The second kappa shape index (κ2) is 5.96. The van der Waals surface area contributed by atoms with Crippen LogP contribution in [0.15, 0.2) is 18.2 Å². The number of halogens is 1. The monoisotopic (exact) mass is 298 g/mol. The number of rotatable bonds is 5. The Morgan fingerprint density at radius 3 is 2.53 bits per heavy atom. The molecule has 1 aromatic carbocycles. The van der Waals surface area contributed by atoms with Gasteiger partial charge in [0.2, 0.25) is 0 Å². The minimum Gasteiger partial charge on any atom is -0.481 e. The first-order valence-electron chi connectivity index (χ1n) is 5.39. The SMILES string of the molecule is Cc1ccc(C(=O)C(Br)CCC(=O)O)c(C)c1. The number of ketones is 1. The van der Waals surface area contributed by atoms with Crippen molar-refractivity contribution in [1.29, 1.82) is 0 Å². The van der Waals surface area contributed by atoms with Crippen molar-refractivity contribution in [3.8, 4) is 0 Å². The largest absolute Gasteiger partial charge is 0.481 e. The Balaban J connectivity index is 2.78. The van der Waals surface area contributed by atoms with Crippen molar-refractivity contribution < 1.29 is 14.7 Å². The van der Waals surface area contributed by atoms with Gasteiger partial charge in [-0.05, 0) is 25.8 Å². The first kappa shape index (κ1) is 13.9. The smallest absolute Gasteiger partial charge is 0.303 e. The Hall–Kier alpha value is -1.16. The molecule has 0 radical (unpaired) electrons. The zero-order chi connectivity index (χ0) is 13.0. The summed E-state index contributed by atoms with van der Waals surface area (Å²) in [6, 6.07) is 5.63. The first-order valence-corrected chi connectivity index (χ1v) is 6.30. The minimum atomic E-state index is -0.886. The number of carboxylic acid groups (broad SMARTS) is 1. The number of hydrogen-bond acceptors (Lipinski definition) is 2. The summed E-state index contributed by atoms with van der Waals surface area (Å²) < 4.78 is 0. The summed E-state index contributed by atoms with van der Waals surface area (Å²) in [6.45, 7) is 3.86. The molecule has 1 rings (SSSR count). The highest BCUT2D eigenvalue weighted by molar-refractivity contribution is 9.10. The molecule has 1 N–H and O–H groups in total. The highest BCUT2D eigenvalue weighted by atomic mass is 79.9. The Morgan fingerprint density at radius 2 is 2.00 bits per heavy atom. The van der Waals surface area contributed by atoms with Crippen LogP contribution in [0.1, 0.15) is 34.3 Å². The number of aliphatic carboxylic acids is 1. The van der Waals surface area contributed by atoms with Crippen molar-refractivity contribution in [2.24, 2.45) is 0 Å². The van der Waals surface area contributed by atoms with Gasteiger partial charge in [0.05, 0.1) is 4.83 Å². The van der Waals surface area contributed by atoms with Crippen molar-refractivity contribution >= 4 is 27.7 Å². The molecule has 0 saturated heterocycles. The van der Waals surface area contributed by atoms with Gasteiger partial charge in [-0.2, -0.15) is 0 Å². The lowest BCUT2D eigenvalue weighted by Gasteiger charge is -2.10. The fourth-order valence-corrected chi connectivity index (χ4v) is 2.12. The van der Waals surface area contributed by atoms with Gasteiger partial charge in [-0.25, -0.2) is 0 Å². The van der Waals surface area contributed by atoms with Crippen molar-refractivity contribution in [3.05, 3.63) is 34.9 Å². The summed E-state index contributed by atoms with van der Waals surface area (Å²) in [6.07, 6.45) is 0.300. The molecular weight excluding hydrogens is 284 g/mol. The number of Topliss-reactive ketones (excluding diaryl/α,β-unsaturated/α-hetero) is 1. The topological polar surface area (TPSA) is 54.4 Å². The molecule has 4 heteroatoms. The maximum Gasteiger partial charge on any atom is 0.303 e. The number of carbonyl (C=O) groups excluding carboxylic acids is 1. The maximum atomic E-state index is 12.0. The average molecular weight is 299 g/mol. The highest BCUT2D eigenvalue weighted by Gasteiger charge is 2.19. The van der Waals surface area contributed by atoms with Crippen molar-refractivity contribution in [2.75, 3.05) is 0 Å². The Bertz CT molecular complexity index is 440. The second-order valence-electron chi connectivity index (χ2n) is 4.08. The molecular formula is C13H15BrO3. The minimum absolute atomic E-state index is 0.00738. The van der Waals surface area contributed by atoms with Crippen LogP contribution in [-0.4, -0.2) is 21.7 Å². The maximum absolute atomic E-state index is 12.0. The van der Waals surface area contributed by atoms with Crippen LogP contribution >= 0.6 is 15.9 Å². The lowest BCUT2D eigenvalue weighted by Crippen LogP contribution is -2.16. The van der Waals surface area contributed by atoms with Gasteiger partial charge in [-0.15, -0.1) is 0 Å². The standard InChI is InChI=1S/C13H15BrO3/c1-8-3-4-10(9(2)7-8)13(17)11(14)5-6-12(15)16/h3-4,7,11H,5-6H2,1-2H3,(H,15,16). The number of carbonyl (C=O) groups is 2. The Labute approximate surface area is 109 Å². The fourth-order valence-electron chi connectivity index (χ4n) is 1.64. The summed E-state index contributed by atoms with van der Waals surface area (Å²) in [4.78, 5) is 22.1. The van der Waals surface area contributed by atoms with E-state index in [1.54, 1.807) is 6.07 Å². The van der Waals surface area contributed by atoms with Gasteiger partial charge in [0, 0.05) is 12.0 Å². The molecule has 1 atom stereocenters. The molecule has 0 aromatic heterocycles. The normalized spacial score (nSPS) is 12.2. The summed E-state index contributed by atoms with van der Waals surface area (Å²) in [5, 5.41) is 8.57. The number of hydrogen-bond donors (Lipinski definition) is 1. The molecule has 0 amide bonds. The van der Waals surface area contributed by atoms with E-state index >= 15 is 0 Å². The van der Waals surface area contributed by atoms with Crippen LogP contribution in [0.25, 0.3) is 0 Å².